The molecule has 0 N–H and O–H groups in total. The fourth-order valence-corrected chi connectivity index (χ4v) is 2.53. The van der Waals surface area contributed by atoms with Gasteiger partial charge in [-0.1, -0.05) is 41.3 Å². The fraction of sp³-hybridized carbons (Fsp3) is 0.562. The van der Waals surface area contributed by atoms with Gasteiger partial charge >= 0.3 is 6.16 Å². The first-order chi connectivity index (χ1) is 14.1. The van der Waals surface area contributed by atoms with Gasteiger partial charge in [0.15, 0.2) is 5.75 Å². The van der Waals surface area contributed by atoms with E-state index in [1.54, 1.807) is 0 Å². The number of benzene rings is 1. The number of carbonyl (C=O) groups excluding carboxylic acids is 1. The zero-order valence-corrected chi connectivity index (χ0v) is 14.5. The van der Waals surface area contributed by atoms with E-state index in [1.165, 1.54) is 20.8 Å². The summed E-state index contributed by atoms with van der Waals surface area (Å²) in [5.41, 5.74) is -6.42. The van der Waals surface area contributed by atoms with Crippen LogP contribution in [-0.2, 0) is 15.6 Å². The molecule has 0 heterocycles. The number of carbonyl (C=O) groups is 1. The number of ether oxygens (including phenoxy) is 2. The summed E-state index contributed by atoms with van der Waals surface area (Å²) < 4.78 is 80.1. The summed E-state index contributed by atoms with van der Waals surface area (Å²) in [4.78, 5) is 22.8. The van der Waals surface area contributed by atoms with Crippen molar-refractivity contribution in [3.63, 3.8) is 0 Å². The first-order valence-corrected chi connectivity index (χ1v) is 7.12. The van der Waals surface area contributed by atoms with Crippen LogP contribution in [0.4, 0.5) is 10.5 Å². The molecule has 0 saturated heterocycles. The predicted molar refractivity (Wildman–Crippen MR) is 91.2 cm³/mol. The molecule has 0 aliphatic rings. The molecular formula is C16H22BrNO5. The lowest BCUT2D eigenvalue weighted by Gasteiger charge is -2.27. The molecule has 0 unspecified atom stereocenters. The molecule has 6 nitrogen and oxygen atoms in total. The van der Waals surface area contributed by atoms with Gasteiger partial charge in [0.05, 0.1) is 12.0 Å². The van der Waals surface area contributed by atoms with Crippen LogP contribution in [0.25, 0.3) is 0 Å². The van der Waals surface area contributed by atoms with Crippen molar-refractivity contribution in [1.29, 1.82) is 0 Å². The van der Waals surface area contributed by atoms with Crippen molar-refractivity contribution in [1.82, 2.24) is 0 Å². The summed E-state index contributed by atoms with van der Waals surface area (Å²) in [7, 11) is 0.887. The van der Waals surface area contributed by atoms with Crippen molar-refractivity contribution in [3.05, 3.63) is 31.8 Å². The Labute approximate surface area is 157 Å². The van der Waals surface area contributed by atoms with Gasteiger partial charge in [0.25, 0.3) is 5.69 Å². The summed E-state index contributed by atoms with van der Waals surface area (Å²) in [6.45, 7) is -6.51. The molecule has 0 aliphatic heterocycles. The number of halogens is 1. The molecule has 0 atom stereocenters. The Bertz CT molecular complexity index is 881. The molecule has 1 rings (SSSR count). The Hall–Kier alpha value is -1.63. The molecule has 0 aliphatic carbocycles. The number of hydrogen-bond acceptors (Lipinski definition) is 5. The van der Waals surface area contributed by atoms with Crippen molar-refractivity contribution >= 4 is 27.8 Å². The smallest absolute Gasteiger partial charge is 0.437 e. The molecule has 1 aromatic rings. The topological polar surface area (TPSA) is 78.7 Å². The van der Waals surface area contributed by atoms with E-state index in [1.807, 2.05) is 0 Å². The summed E-state index contributed by atoms with van der Waals surface area (Å²) in [6.07, 6.45) is -1.47. The molecule has 0 aromatic heterocycles. The van der Waals surface area contributed by atoms with Gasteiger partial charge in [-0.25, -0.2) is 4.79 Å². The van der Waals surface area contributed by atoms with Gasteiger partial charge < -0.3 is 9.47 Å². The second kappa shape index (κ2) is 6.47. The van der Waals surface area contributed by atoms with E-state index in [2.05, 4.69) is 20.7 Å². The maximum absolute atomic E-state index is 11.9. The highest BCUT2D eigenvalue weighted by Gasteiger charge is 2.35. The molecule has 0 spiro atoms. The number of hydrogen-bond donors (Lipinski definition) is 0. The van der Waals surface area contributed by atoms with Gasteiger partial charge in [0.1, 0.15) is 4.47 Å². The second-order valence-corrected chi connectivity index (χ2v) is 6.57. The SMILES string of the molecule is [2H]C([2H])([2H])C(c1cc(C(C)(C)C)c([N+](=O)[O-])c(Br)c1OC(=O)OC)(C([2H])([2H])[2H])C([2H])([2H])[2H]. The van der Waals surface area contributed by atoms with Crippen LogP contribution in [0.15, 0.2) is 10.5 Å². The van der Waals surface area contributed by atoms with Crippen molar-refractivity contribution in [2.45, 2.75) is 52.2 Å². The van der Waals surface area contributed by atoms with E-state index in [-0.39, 0.29) is 5.56 Å². The van der Waals surface area contributed by atoms with Crippen LogP contribution in [0.1, 0.15) is 64.8 Å². The molecule has 0 saturated carbocycles. The first-order valence-electron chi connectivity index (χ1n) is 10.8. The zero-order valence-electron chi connectivity index (χ0n) is 21.9. The third-order valence-electron chi connectivity index (χ3n) is 2.94. The molecule has 7 heteroatoms. The highest BCUT2D eigenvalue weighted by atomic mass is 79.9. The lowest BCUT2D eigenvalue weighted by Crippen LogP contribution is -2.21. The van der Waals surface area contributed by atoms with Crippen LogP contribution in [0.5, 0.6) is 5.75 Å². The normalized spacial score (nSPS) is 19.4. The third kappa shape index (κ3) is 4.22. The molecule has 1 aromatic carbocycles. The molecule has 0 amide bonds. The van der Waals surface area contributed by atoms with E-state index in [0.29, 0.717) is 0 Å². The number of rotatable bonds is 2. The van der Waals surface area contributed by atoms with Crippen LogP contribution in [0.3, 0.4) is 0 Å². The van der Waals surface area contributed by atoms with Gasteiger partial charge in [0, 0.05) is 23.5 Å². The minimum absolute atomic E-state index is 0.177. The average Bonchev–Trinajstić information content (AvgIpc) is 2.52. The zero-order chi connectivity index (χ0) is 25.7. The summed E-state index contributed by atoms with van der Waals surface area (Å²) >= 11 is 2.90. The Kier molecular flexibility index (Phi) is 2.70. The Balaban J connectivity index is 4.54. The van der Waals surface area contributed by atoms with Gasteiger partial charge in [0.2, 0.25) is 0 Å². The van der Waals surface area contributed by atoms with Crippen LogP contribution in [0.2, 0.25) is 0 Å². The van der Waals surface area contributed by atoms with Gasteiger partial charge in [-0.3, -0.25) is 10.1 Å². The number of nitro groups is 1. The van der Waals surface area contributed by atoms with E-state index < -0.39 is 63.9 Å². The van der Waals surface area contributed by atoms with Gasteiger partial charge in [-0.15, -0.1) is 0 Å². The summed E-state index contributed by atoms with van der Waals surface area (Å²) in [6, 6.07) is 0.798. The molecule has 0 bridgehead atoms. The maximum Gasteiger partial charge on any atom is 0.513 e. The standard InChI is InChI=1S/C16H22BrNO5/c1-15(2,3)9-8-10(16(4,5)6)13(23-14(19)22-7)11(17)12(9)18(20)21/h8H,1-7H3/i4D3,5D3,6D3. The van der Waals surface area contributed by atoms with Crippen molar-refractivity contribution in [3.8, 4) is 5.75 Å². The average molecular weight is 397 g/mol. The number of nitrogens with zero attached hydrogens (tertiary/aromatic N) is 1. The second-order valence-electron chi connectivity index (χ2n) is 5.78. The van der Waals surface area contributed by atoms with Crippen LogP contribution in [-0.4, -0.2) is 18.2 Å². The van der Waals surface area contributed by atoms with E-state index in [9.17, 15) is 14.9 Å². The molecular weight excluding hydrogens is 366 g/mol. The minimum Gasteiger partial charge on any atom is -0.437 e. The minimum atomic E-state index is -3.69. The molecule has 23 heavy (non-hydrogen) atoms. The number of methoxy groups -OCH3 is 1. The Morgan fingerprint density at radius 3 is 2.22 bits per heavy atom. The quantitative estimate of drug-likeness (QED) is 0.300. The highest BCUT2D eigenvalue weighted by Crippen LogP contribution is 2.47. The summed E-state index contributed by atoms with van der Waals surface area (Å²) in [5, 5.41) is 11.8. The predicted octanol–water partition coefficient (Wildman–Crippen LogP) is 5.10. The molecule has 128 valence electrons. The van der Waals surface area contributed by atoms with Crippen molar-refractivity contribution in [2.24, 2.45) is 0 Å². The molecule has 0 fully saturated rings. The van der Waals surface area contributed by atoms with Crippen LogP contribution < -0.4 is 4.74 Å². The summed E-state index contributed by atoms with van der Waals surface area (Å²) in [5.74, 6) is -0.945. The maximum atomic E-state index is 11.9. The van der Waals surface area contributed by atoms with Crippen molar-refractivity contribution < 1.29 is 31.5 Å². The van der Waals surface area contributed by atoms with Gasteiger partial charge in [-0.2, -0.15) is 0 Å². The fourth-order valence-electron chi connectivity index (χ4n) is 1.88. The number of nitro benzene ring substituents is 1. The largest absolute Gasteiger partial charge is 0.513 e. The van der Waals surface area contributed by atoms with E-state index >= 15 is 0 Å². The van der Waals surface area contributed by atoms with Crippen molar-refractivity contribution in [2.75, 3.05) is 7.11 Å². The molecule has 0 radical (unpaired) electrons. The van der Waals surface area contributed by atoms with Crippen LogP contribution >= 0.6 is 15.9 Å². The van der Waals surface area contributed by atoms with E-state index in [0.717, 1.165) is 13.2 Å². The Morgan fingerprint density at radius 1 is 1.26 bits per heavy atom. The van der Waals surface area contributed by atoms with E-state index in [4.69, 9.17) is 17.1 Å². The van der Waals surface area contributed by atoms with Gasteiger partial charge in [-0.05, 0) is 32.8 Å². The third-order valence-corrected chi connectivity index (χ3v) is 3.68. The highest BCUT2D eigenvalue weighted by molar-refractivity contribution is 9.10. The lowest BCUT2D eigenvalue weighted by molar-refractivity contribution is -0.386. The van der Waals surface area contributed by atoms with Crippen LogP contribution in [0, 0.1) is 10.1 Å². The first kappa shape index (κ1) is 9.61. The monoisotopic (exact) mass is 396 g/mol. The lowest BCUT2D eigenvalue weighted by atomic mass is 9.79. The Morgan fingerprint density at radius 2 is 1.83 bits per heavy atom.